The molecule has 0 bridgehead atoms. The highest BCUT2D eigenvalue weighted by atomic mass is 16.4. The van der Waals surface area contributed by atoms with E-state index in [0.717, 1.165) is 9.80 Å². The minimum atomic E-state index is -1.15. The summed E-state index contributed by atoms with van der Waals surface area (Å²) in [4.78, 5) is 49.5. The number of carbonyl (C=O) groups is 4. The smallest absolute Gasteiger partial charge is 0.327 e. The van der Waals surface area contributed by atoms with Gasteiger partial charge >= 0.3 is 12.0 Å². The largest absolute Gasteiger partial charge is 0.480 e. The van der Waals surface area contributed by atoms with E-state index in [0.29, 0.717) is 0 Å². The Hall–Kier alpha value is -2.12. The lowest BCUT2D eigenvalue weighted by molar-refractivity contribution is -0.149. The molecule has 0 aromatic carbocycles. The molecule has 1 N–H and O–H groups in total. The van der Waals surface area contributed by atoms with Crippen LogP contribution in [0.4, 0.5) is 4.79 Å². The predicted octanol–water partition coefficient (Wildman–Crippen LogP) is -0.408. The van der Waals surface area contributed by atoms with Crippen LogP contribution in [0.3, 0.4) is 0 Å². The number of carbonyl (C=O) groups excluding carboxylic acids is 3. The van der Waals surface area contributed by atoms with E-state index in [1.807, 2.05) is 0 Å². The van der Waals surface area contributed by atoms with Gasteiger partial charge in [0.2, 0.25) is 5.91 Å². The van der Waals surface area contributed by atoms with E-state index in [9.17, 15) is 19.2 Å². The molecule has 1 fully saturated rings. The Balaban J connectivity index is 2.84. The summed E-state index contributed by atoms with van der Waals surface area (Å²) in [5.41, 5.74) is -0.715. The summed E-state index contributed by atoms with van der Waals surface area (Å²) in [5.74, 6) is -2.18. The van der Waals surface area contributed by atoms with E-state index in [1.54, 1.807) is 20.8 Å². The molecule has 0 unspecified atom stereocenters. The van der Waals surface area contributed by atoms with Crippen LogP contribution < -0.4 is 0 Å². The normalized spacial score (nSPS) is 15.8. The summed E-state index contributed by atoms with van der Waals surface area (Å²) in [6, 6.07) is -0.549. The lowest BCUT2D eigenvalue weighted by atomic mass is 10.1. The summed E-state index contributed by atoms with van der Waals surface area (Å²) >= 11 is 0. The molecule has 0 aliphatic carbocycles. The maximum Gasteiger partial charge on any atom is 0.327 e. The monoisotopic (exact) mass is 285 g/mol. The van der Waals surface area contributed by atoms with Gasteiger partial charge in [-0.2, -0.15) is 0 Å². The molecular weight excluding hydrogens is 266 g/mol. The molecular formula is C12H19N3O5. The van der Waals surface area contributed by atoms with Crippen molar-refractivity contribution in [2.24, 2.45) is 0 Å². The average molecular weight is 285 g/mol. The molecule has 8 heteroatoms. The van der Waals surface area contributed by atoms with Crippen LogP contribution in [0, 0.1) is 0 Å². The average Bonchev–Trinajstić information content (AvgIpc) is 2.51. The lowest BCUT2D eigenvalue weighted by Crippen LogP contribution is -2.52. The molecule has 112 valence electrons. The predicted molar refractivity (Wildman–Crippen MR) is 68.8 cm³/mol. The van der Waals surface area contributed by atoms with Gasteiger partial charge in [0.05, 0.1) is 0 Å². The van der Waals surface area contributed by atoms with Crippen molar-refractivity contribution < 1.29 is 24.3 Å². The highest BCUT2D eigenvalue weighted by Crippen LogP contribution is 2.15. The van der Waals surface area contributed by atoms with Gasteiger partial charge in [-0.15, -0.1) is 0 Å². The van der Waals surface area contributed by atoms with Crippen LogP contribution in [0.1, 0.15) is 20.8 Å². The van der Waals surface area contributed by atoms with Gasteiger partial charge in [0.15, 0.2) is 0 Å². The summed E-state index contributed by atoms with van der Waals surface area (Å²) in [7, 11) is 1.46. The number of hydrogen-bond donors (Lipinski definition) is 1. The second kappa shape index (κ2) is 5.48. The fourth-order valence-corrected chi connectivity index (χ4v) is 1.88. The molecule has 1 saturated heterocycles. The second-order valence-electron chi connectivity index (χ2n) is 5.66. The minimum Gasteiger partial charge on any atom is -0.480 e. The van der Waals surface area contributed by atoms with Crippen LogP contribution in [0.2, 0.25) is 0 Å². The molecule has 1 aliphatic rings. The van der Waals surface area contributed by atoms with Gasteiger partial charge in [-0.25, -0.2) is 4.79 Å². The van der Waals surface area contributed by atoms with Crippen molar-refractivity contribution in [1.82, 2.24) is 14.7 Å². The first-order valence-electron chi connectivity index (χ1n) is 6.11. The lowest BCUT2D eigenvalue weighted by Gasteiger charge is -2.35. The number of urea groups is 1. The third-order valence-electron chi connectivity index (χ3n) is 2.93. The number of carboxylic acid groups (broad SMARTS) is 1. The van der Waals surface area contributed by atoms with Gasteiger partial charge in [-0.1, -0.05) is 0 Å². The van der Waals surface area contributed by atoms with Crippen molar-refractivity contribution in [1.29, 1.82) is 0 Å². The van der Waals surface area contributed by atoms with Crippen LogP contribution >= 0.6 is 0 Å². The highest BCUT2D eigenvalue weighted by Gasteiger charge is 2.37. The molecule has 8 nitrogen and oxygen atoms in total. The highest BCUT2D eigenvalue weighted by molar-refractivity contribution is 6.04. The SMILES string of the molecule is CN1CC(=O)N(CC(=O)N(CC(=O)O)C(C)(C)C)C1=O. The Kier molecular flexibility index (Phi) is 4.36. The van der Waals surface area contributed by atoms with E-state index in [-0.39, 0.29) is 6.54 Å². The topological polar surface area (TPSA) is 98.2 Å². The van der Waals surface area contributed by atoms with Crippen LogP contribution in [-0.4, -0.2) is 75.8 Å². The number of carboxylic acids is 1. The number of likely N-dealkylation sites (N-methyl/N-ethyl adjacent to an activating group) is 1. The summed E-state index contributed by atoms with van der Waals surface area (Å²) in [6.45, 7) is 4.08. The van der Waals surface area contributed by atoms with Crippen molar-refractivity contribution >= 4 is 23.8 Å². The molecule has 20 heavy (non-hydrogen) atoms. The summed E-state index contributed by atoms with van der Waals surface area (Å²) < 4.78 is 0. The van der Waals surface area contributed by atoms with Crippen LogP contribution in [0.25, 0.3) is 0 Å². The number of nitrogens with zero attached hydrogens (tertiary/aromatic N) is 3. The van der Waals surface area contributed by atoms with Crippen molar-refractivity contribution in [3.8, 4) is 0 Å². The first-order chi connectivity index (χ1) is 9.04. The molecule has 0 aromatic rings. The molecule has 0 atom stereocenters. The summed E-state index contributed by atoms with van der Waals surface area (Å²) in [5, 5.41) is 8.85. The third kappa shape index (κ3) is 3.46. The van der Waals surface area contributed by atoms with Crippen molar-refractivity contribution in [2.45, 2.75) is 26.3 Å². The van der Waals surface area contributed by atoms with Crippen LogP contribution in [0.15, 0.2) is 0 Å². The Morgan fingerprint density at radius 2 is 1.85 bits per heavy atom. The molecule has 1 aliphatic heterocycles. The molecule has 1 heterocycles. The van der Waals surface area contributed by atoms with Crippen molar-refractivity contribution in [3.63, 3.8) is 0 Å². The Labute approximate surface area is 116 Å². The van der Waals surface area contributed by atoms with Crippen molar-refractivity contribution in [2.75, 3.05) is 26.7 Å². The second-order valence-corrected chi connectivity index (χ2v) is 5.66. The molecule has 4 amide bonds. The van der Waals surface area contributed by atoms with E-state index >= 15 is 0 Å². The van der Waals surface area contributed by atoms with E-state index in [2.05, 4.69) is 0 Å². The minimum absolute atomic E-state index is 0.0689. The number of amides is 4. The fraction of sp³-hybridized carbons (Fsp3) is 0.667. The first-order valence-corrected chi connectivity index (χ1v) is 6.11. The molecule has 0 saturated carbocycles. The number of hydrogen-bond acceptors (Lipinski definition) is 4. The Morgan fingerprint density at radius 1 is 1.30 bits per heavy atom. The van der Waals surface area contributed by atoms with Gasteiger partial charge in [0.25, 0.3) is 5.91 Å². The van der Waals surface area contributed by atoms with Crippen molar-refractivity contribution in [3.05, 3.63) is 0 Å². The Morgan fingerprint density at radius 3 is 2.20 bits per heavy atom. The number of rotatable bonds is 4. The Bertz CT molecular complexity index is 454. The first kappa shape index (κ1) is 15.9. The van der Waals surface area contributed by atoms with Gasteiger partial charge in [0, 0.05) is 12.6 Å². The molecule has 1 rings (SSSR count). The zero-order valence-electron chi connectivity index (χ0n) is 12.0. The number of aliphatic carboxylic acids is 1. The van der Waals surface area contributed by atoms with Crippen LogP contribution in [-0.2, 0) is 14.4 Å². The maximum atomic E-state index is 12.2. The zero-order valence-corrected chi connectivity index (χ0v) is 12.0. The fourth-order valence-electron chi connectivity index (χ4n) is 1.88. The maximum absolute atomic E-state index is 12.2. The van der Waals surface area contributed by atoms with Gasteiger partial charge in [-0.3, -0.25) is 19.3 Å². The summed E-state index contributed by atoms with van der Waals surface area (Å²) in [6.07, 6.45) is 0. The molecule has 0 radical (unpaired) electrons. The van der Waals surface area contributed by atoms with Crippen LogP contribution in [0.5, 0.6) is 0 Å². The van der Waals surface area contributed by atoms with Gasteiger partial charge < -0.3 is 14.9 Å². The molecule has 0 spiro atoms. The van der Waals surface area contributed by atoms with Gasteiger partial charge in [0.1, 0.15) is 19.6 Å². The van der Waals surface area contributed by atoms with E-state index in [4.69, 9.17) is 5.11 Å². The zero-order chi connectivity index (χ0) is 15.7. The quantitative estimate of drug-likeness (QED) is 0.708. The number of imide groups is 1. The molecule has 0 aromatic heterocycles. The van der Waals surface area contributed by atoms with Gasteiger partial charge in [-0.05, 0) is 20.8 Å². The third-order valence-corrected chi connectivity index (χ3v) is 2.93. The van der Waals surface area contributed by atoms with E-state index < -0.39 is 42.4 Å². The standard InChI is InChI=1S/C12H19N3O5/c1-12(2,3)15(7-10(18)19)9(17)6-14-8(16)5-13(4)11(14)20/h5-7H2,1-4H3,(H,18,19). The van der Waals surface area contributed by atoms with E-state index in [1.165, 1.54) is 11.9 Å².